The molecule has 8 nitrogen and oxygen atoms in total. The van der Waals surface area contributed by atoms with E-state index in [9.17, 15) is 19.8 Å². The summed E-state index contributed by atoms with van der Waals surface area (Å²) in [4.78, 5) is 39.2. The van der Waals surface area contributed by atoms with E-state index in [0.29, 0.717) is 33.4 Å². The average Bonchev–Trinajstić information content (AvgIpc) is 3.49. The monoisotopic (exact) mass is 569 g/mol. The van der Waals surface area contributed by atoms with E-state index >= 15 is 0 Å². The van der Waals surface area contributed by atoms with Crippen LogP contribution in [0.1, 0.15) is 40.0 Å². The van der Waals surface area contributed by atoms with E-state index < -0.39 is 29.9 Å². The van der Waals surface area contributed by atoms with Crippen molar-refractivity contribution in [3.8, 4) is 0 Å². The molecule has 0 aliphatic carbocycles. The van der Waals surface area contributed by atoms with Gasteiger partial charge in [0.05, 0.1) is 11.6 Å². The van der Waals surface area contributed by atoms with Crippen LogP contribution in [-0.4, -0.2) is 75.3 Å². The quantitative estimate of drug-likeness (QED) is 0.384. The standard InChI is InChI=1S/C29H29Cl2N3O5/c30-20-9-7-19(8-10-20)29(14-22-12-11-21(31)15-32-22)25-6-2-1-5-24(25)28(38)34(29)39-18-27(37)26(36)16-33-13-3-4-23(33)17-35/h1-2,5-12,15,23,26,35-36H,3-4,13-14,16-18H2/t23-,26?,29-/m1/s1. The molecular formula is C29H29Cl2N3O5. The Hall–Kier alpha value is -2.85. The Morgan fingerprint density at radius 3 is 2.56 bits per heavy atom. The minimum absolute atomic E-state index is 0.0275. The van der Waals surface area contributed by atoms with Crippen LogP contribution in [0.25, 0.3) is 0 Å². The molecular weight excluding hydrogens is 541 g/mol. The first-order valence-electron chi connectivity index (χ1n) is 12.8. The van der Waals surface area contributed by atoms with E-state index in [1.54, 1.807) is 36.4 Å². The molecule has 1 aromatic heterocycles. The number of benzene rings is 2. The minimum atomic E-state index is -1.32. The molecule has 2 aromatic carbocycles. The lowest BCUT2D eigenvalue weighted by Crippen LogP contribution is -2.48. The van der Waals surface area contributed by atoms with Gasteiger partial charge in [-0.15, -0.1) is 0 Å². The lowest BCUT2D eigenvalue weighted by atomic mass is 9.79. The highest BCUT2D eigenvalue weighted by Gasteiger charge is 2.52. The number of likely N-dealkylation sites (tertiary alicyclic amines) is 1. The Labute approximate surface area is 236 Å². The fourth-order valence-corrected chi connectivity index (χ4v) is 5.76. The highest BCUT2D eigenvalue weighted by molar-refractivity contribution is 6.30. The molecule has 5 rings (SSSR count). The maximum Gasteiger partial charge on any atom is 0.279 e. The molecule has 0 radical (unpaired) electrons. The van der Waals surface area contributed by atoms with Crippen molar-refractivity contribution >= 4 is 34.9 Å². The molecule has 1 saturated heterocycles. The zero-order valence-electron chi connectivity index (χ0n) is 21.2. The van der Waals surface area contributed by atoms with Gasteiger partial charge in [0.15, 0.2) is 5.78 Å². The van der Waals surface area contributed by atoms with Crippen LogP contribution < -0.4 is 0 Å². The molecule has 0 spiro atoms. The van der Waals surface area contributed by atoms with E-state index in [1.807, 2.05) is 29.2 Å². The molecule has 39 heavy (non-hydrogen) atoms. The van der Waals surface area contributed by atoms with Crippen molar-refractivity contribution < 1.29 is 24.6 Å². The van der Waals surface area contributed by atoms with E-state index in [4.69, 9.17) is 28.0 Å². The van der Waals surface area contributed by atoms with Gasteiger partial charge in [-0.2, -0.15) is 0 Å². The van der Waals surface area contributed by atoms with Gasteiger partial charge in [0.25, 0.3) is 5.91 Å². The number of halogens is 2. The van der Waals surface area contributed by atoms with Gasteiger partial charge in [-0.1, -0.05) is 53.5 Å². The van der Waals surface area contributed by atoms with E-state index in [1.165, 1.54) is 11.3 Å². The third-order valence-corrected chi connectivity index (χ3v) is 7.98. The lowest BCUT2D eigenvalue weighted by Gasteiger charge is -2.38. The second-order valence-electron chi connectivity index (χ2n) is 9.89. The molecule has 204 valence electrons. The van der Waals surface area contributed by atoms with Gasteiger partial charge in [0.2, 0.25) is 0 Å². The highest BCUT2D eigenvalue weighted by Crippen LogP contribution is 2.46. The number of hydrogen-bond acceptors (Lipinski definition) is 7. The molecule has 3 heterocycles. The molecule has 0 bridgehead atoms. The van der Waals surface area contributed by atoms with Crippen molar-refractivity contribution in [3.63, 3.8) is 0 Å². The number of rotatable bonds is 10. The highest BCUT2D eigenvalue weighted by atomic mass is 35.5. The van der Waals surface area contributed by atoms with Gasteiger partial charge in [-0.25, -0.2) is 5.06 Å². The predicted octanol–water partition coefficient (Wildman–Crippen LogP) is 3.65. The van der Waals surface area contributed by atoms with Gasteiger partial charge in [-0.05, 0) is 60.8 Å². The molecule has 0 saturated carbocycles. The normalized spacial score (nSPS) is 21.8. The van der Waals surface area contributed by atoms with Crippen LogP contribution in [-0.2, 0) is 21.6 Å². The number of fused-ring (bicyclic) bond motifs is 1. The first-order valence-corrected chi connectivity index (χ1v) is 13.6. The van der Waals surface area contributed by atoms with Gasteiger partial charge >= 0.3 is 0 Å². The van der Waals surface area contributed by atoms with Crippen LogP contribution in [0.4, 0.5) is 0 Å². The van der Waals surface area contributed by atoms with Crippen LogP contribution in [0.3, 0.4) is 0 Å². The number of hydroxylamine groups is 2. The zero-order valence-corrected chi connectivity index (χ0v) is 22.7. The summed E-state index contributed by atoms with van der Waals surface area (Å²) in [5.74, 6) is -0.964. The fourth-order valence-electron chi connectivity index (χ4n) is 5.52. The number of β-amino-alcohol motifs (C(OH)–C–C–N with tert-alkyl or cyclic N) is 1. The summed E-state index contributed by atoms with van der Waals surface area (Å²) in [6, 6.07) is 17.8. The number of nitrogens with zero attached hydrogens (tertiary/aromatic N) is 3. The molecule has 2 aliphatic heterocycles. The SMILES string of the molecule is O=C(CON1C(=O)c2ccccc2[C@@]1(Cc1ccc(Cl)cn1)c1ccc(Cl)cc1)C(O)CN1CCC[C@@H]1CO. The first-order chi connectivity index (χ1) is 18.8. The van der Waals surface area contributed by atoms with Crippen molar-refractivity contribution in [2.24, 2.45) is 0 Å². The maximum absolute atomic E-state index is 13.8. The number of carbonyl (C=O) groups is 2. The Kier molecular flexibility index (Phi) is 8.32. The lowest BCUT2D eigenvalue weighted by molar-refractivity contribution is -0.180. The predicted molar refractivity (Wildman–Crippen MR) is 146 cm³/mol. The van der Waals surface area contributed by atoms with Crippen molar-refractivity contribution in [2.45, 2.75) is 36.9 Å². The third kappa shape index (κ3) is 5.45. The number of carbonyl (C=O) groups excluding carboxylic acids is 2. The molecule has 1 amide bonds. The smallest absolute Gasteiger partial charge is 0.279 e. The number of aromatic nitrogens is 1. The average molecular weight is 570 g/mol. The first kappa shape index (κ1) is 27.7. The molecule has 1 fully saturated rings. The Morgan fingerprint density at radius 2 is 1.85 bits per heavy atom. The summed E-state index contributed by atoms with van der Waals surface area (Å²) in [6.45, 7) is 0.255. The molecule has 2 N–H and O–H groups in total. The number of amides is 1. The van der Waals surface area contributed by atoms with Crippen LogP contribution in [0.2, 0.25) is 10.0 Å². The molecule has 1 unspecified atom stereocenters. The van der Waals surface area contributed by atoms with Crippen LogP contribution >= 0.6 is 23.2 Å². The van der Waals surface area contributed by atoms with E-state index in [2.05, 4.69) is 4.98 Å². The fraction of sp³-hybridized carbons (Fsp3) is 0.345. The number of ketones is 1. The number of aliphatic hydroxyl groups is 2. The number of Topliss-reactive ketones (excluding diaryl/α,β-unsaturated/α-hetero) is 1. The number of pyridine rings is 1. The maximum atomic E-state index is 13.8. The van der Waals surface area contributed by atoms with Crippen molar-refractivity contribution in [3.05, 3.63) is 99.3 Å². The molecule has 3 atom stereocenters. The summed E-state index contributed by atoms with van der Waals surface area (Å²) in [6.07, 6.45) is 2.16. The second-order valence-corrected chi connectivity index (χ2v) is 10.8. The summed E-state index contributed by atoms with van der Waals surface area (Å²) >= 11 is 12.3. The Balaban J connectivity index is 1.48. The third-order valence-electron chi connectivity index (χ3n) is 7.51. The summed E-state index contributed by atoms with van der Waals surface area (Å²) in [7, 11) is 0. The van der Waals surface area contributed by atoms with Gasteiger partial charge in [0, 0.05) is 41.5 Å². The number of hydrogen-bond donors (Lipinski definition) is 2. The van der Waals surface area contributed by atoms with Crippen LogP contribution in [0.5, 0.6) is 0 Å². The summed E-state index contributed by atoms with van der Waals surface area (Å²) < 4.78 is 0. The van der Waals surface area contributed by atoms with Gasteiger partial charge in [-0.3, -0.25) is 24.3 Å². The largest absolute Gasteiger partial charge is 0.395 e. The Morgan fingerprint density at radius 1 is 1.10 bits per heavy atom. The van der Waals surface area contributed by atoms with Gasteiger partial charge in [0.1, 0.15) is 18.2 Å². The Bertz CT molecular complexity index is 1340. The van der Waals surface area contributed by atoms with E-state index in [-0.39, 0.29) is 25.6 Å². The number of aliphatic hydroxyl groups excluding tert-OH is 2. The second kappa shape index (κ2) is 11.7. The van der Waals surface area contributed by atoms with Crippen LogP contribution in [0, 0.1) is 0 Å². The summed E-state index contributed by atoms with van der Waals surface area (Å²) in [5.41, 5.74) is 1.35. The minimum Gasteiger partial charge on any atom is -0.395 e. The molecule has 2 aliphatic rings. The molecule has 10 heteroatoms. The zero-order chi connectivity index (χ0) is 27.6. The molecule has 3 aromatic rings. The van der Waals surface area contributed by atoms with Crippen molar-refractivity contribution in [1.29, 1.82) is 0 Å². The van der Waals surface area contributed by atoms with Crippen molar-refractivity contribution in [1.82, 2.24) is 14.9 Å². The topological polar surface area (TPSA) is 103 Å². The summed E-state index contributed by atoms with van der Waals surface area (Å²) in [5, 5.41) is 22.5. The van der Waals surface area contributed by atoms with Crippen LogP contribution in [0.15, 0.2) is 66.9 Å². The van der Waals surface area contributed by atoms with E-state index in [0.717, 1.165) is 18.4 Å². The van der Waals surface area contributed by atoms with Crippen molar-refractivity contribution in [2.75, 3.05) is 26.3 Å². The van der Waals surface area contributed by atoms with Gasteiger partial charge < -0.3 is 10.2 Å².